The van der Waals surface area contributed by atoms with E-state index in [4.69, 9.17) is 0 Å². The number of carbonyl (C=O) groups excluding carboxylic acids is 1. The molecular formula is C32H36F7N3O8S2. The van der Waals surface area contributed by atoms with Crippen LogP contribution in [0.2, 0.25) is 0 Å². The topological polar surface area (TPSA) is 183 Å². The molecule has 0 spiro atoms. The average Bonchev–Trinajstić information content (AvgIpc) is 3.03. The number of phenols is 1. The molecule has 0 radical (unpaired) electrons. The molecule has 0 fully saturated rings. The zero-order valence-corrected chi connectivity index (χ0v) is 29.2. The predicted octanol–water partition coefficient (Wildman–Crippen LogP) is 9.69. The van der Waals surface area contributed by atoms with Gasteiger partial charge in [0.1, 0.15) is 10.6 Å². The zero-order chi connectivity index (χ0) is 39.1. The molecule has 0 aliphatic heterocycles. The van der Waals surface area contributed by atoms with Crippen LogP contribution in [0.5, 0.6) is 5.75 Å². The van der Waals surface area contributed by atoms with Crippen molar-refractivity contribution in [3.63, 3.8) is 0 Å². The summed E-state index contributed by atoms with van der Waals surface area (Å²) in [5.41, 5.74) is -1.54. The van der Waals surface area contributed by atoms with Crippen molar-refractivity contribution in [1.82, 2.24) is 0 Å². The molecule has 3 rings (SSSR count). The Morgan fingerprint density at radius 3 is 1.79 bits per heavy atom. The van der Waals surface area contributed by atoms with E-state index in [0.717, 1.165) is 43.0 Å². The Hall–Kier alpha value is -3.88. The molecule has 0 bridgehead atoms. The average molecular weight is 788 g/mol. The van der Waals surface area contributed by atoms with E-state index in [-0.39, 0.29) is 11.8 Å². The minimum absolute atomic E-state index is 0.0666. The van der Waals surface area contributed by atoms with Gasteiger partial charge in [0.25, 0.3) is 20.2 Å². The highest BCUT2D eigenvalue weighted by Crippen LogP contribution is 2.49. The van der Waals surface area contributed by atoms with Gasteiger partial charge in [-0.2, -0.15) is 52.7 Å². The molecule has 52 heavy (non-hydrogen) atoms. The molecule has 288 valence electrons. The number of benzene rings is 3. The number of hydrogen-bond acceptors (Lipinski definition) is 8. The third kappa shape index (κ3) is 10.4. The van der Waals surface area contributed by atoms with E-state index in [0.29, 0.717) is 12.1 Å². The number of aromatic hydroxyl groups is 1. The second-order valence-corrected chi connectivity index (χ2v) is 14.8. The van der Waals surface area contributed by atoms with Crippen molar-refractivity contribution in [1.29, 1.82) is 0 Å². The molecule has 0 unspecified atom stereocenters. The molecule has 3 aromatic rings. The maximum absolute atomic E-state index is 14.2. The third-order valence-electron chi connectivity index (χ3n) is 8.00. The van der Waals surface area contributed by atoms with Crippen molar-refractivity contribution in [3.8, 4) is 5.75 Å². The van der Waals surface area contributed by atoms with E-state index in [2.05, 4.69) is 17.2 Å². The monoisotopic (exact) mass is 787 g/mol. The number of fused-ring (bicyclic) bond motifs is 1. The van der Waals surface area contributed by atoms with E-state index < -0.39 is 81.9 Å². The number of halogens is 7. The molecule has 4 N–H and O–H groups in total. The van der Waals surface area contributed by atoms with E-state index in [1.54, 1.807) is 12.1 Å². The van der Waals surface area contributed by atoms with Crippen molar-refractivity contribution >= 4 is 54.0 Å². The lowest BCUT2D eigenvalue weighted by Crippen LogP contribution is -2.57. The Kier molecular flexibility index (Phi) is 13.8. The summed E-state index contributed by atoms with van der Waals surface area (Å²) in [4.78, 5) is 9.55. The molecule has 0 heterocycles. The Morgan fingerprint density at radius 1 is 0.750 bits per heavy atom. The molecular weight excluding hydrogens is 751 g/mol. The van der Waals surface area contributed by atoms with E-state index >= 15 is 0 Å². The van der Waals surface area contributed by atoms with Crippen LogP contribution >= 0.6 is 0 Å². The molecule has 3 aromatic carbocycles. The number of rotatable bonds is 18. The quantitative estimate of drug-likeness (QED) is 0.0425. The smallest absolute Gasteiger partial charge is 0.460 e. The molecule has 0 aliphatic carbocycles. The Labute approximate surface area is 294 Å². The molecule has 1 amide bonds. The number of aryl methyl sites for hydroxylation is 1. The number of hydrogen-bond donors (Lipinski definition) is 4. The number of azo groups is 1. The predicted molar refractivity (Wildman–Crippen MR) is 176 cm³/mol. The molecule has 0 saturated heterocycles. The normalized spacial score (nSPS) is 13.3. The minimum atomic E-state index is -6.94. The SMILES string of the molecule is CCCCCCCCCCCCc1ccc(N=Nc2c(S(=O)(=O)O)cc3cc(S(=O)(=O)O)cc(NC(=O)C(F)(F)C(F)(F)C(F)(F)F)c3c2O)cc1. The fraction of sp³-hybridized carbons (Fsp3) is 0.469. The Balaban J connectivity index is 1.94. The number of amides is 1. The number of alkyl halides is 7. The van der Waals surface area contributed by atoms with Crippen LogP contribution in [-0.4, -0.2) is 55.0 Å². The fourth-order valence-electron chi connectivity index (χ4n) is 5.18. The first-order valence-electron chi connectivity index (χ1n) is 16.0. The number of phenolic OH excluding ortho intramolecular Hbond substituents is 1. The van der Waals surface area contributed by atoms with Crippen LogP contribution in [0.15, 0.2) is 62.5 Å². The van der Waals surface area contributed by atoms with Gasteiger partial charge in [-0.1, -0.05) is 76.8 Å². The lowest BCUT2D eigenvalue weighted by Gasteiger charge is -2.27. The summed E-state index contributed by atoms with van der Waals surface area (Å²) in [6, 6.07) is 7.21. The second kappa shape index (κ2) is 16.9. The highest BCUT2D eigenvalue weighted by atomic mass is 32.2. The van der Waals surface area contributed by atoms with Gasteiger partial charge in [-0.05, 0) is 54.1 Å². The largest absolute Gasteiger partial charge is 0.505 e. The van der Waals surface area contributed by atoms with Crippen LogP contribution in [0.1, 0.15) is 76.7 Å². The molecule has 20 heteroatoms. The van der Waals surface area contributed by atoms with Crippen LogP contribution in [0.25, 0.3) is 10.8 Å². The maximum atomic E-state index is 14.2. The lowest BCUT2D eigenvalue weighted by atomic mass is 10.0. The number of carbonyl (C=O) groups is 1. The zero-order valence-electron chi connectivity index (χ0n) is 27.6. The summed E-state index contributed by atoms with van der Waals surface area (Å²) in [6.07, 6.45) is 5.33. The molecule has 0 atom stereocenters. The molecule has 11 nitrogen and oxygen atoms in total. The van der Waals surface area contributed by atoms with Crippen LogP contribution < -0.4 is 5.32 Å². The number of anilines is 1. The van der Waals surface area contributed by atoms with Crippen molar-refractivity contribution in [2.45, 2.75) is 105 Å². The van der Waals surface area contributed by atoms with Gasteiger partial charge < -0.3 is 10.4 Å². The van der Waals surface area contributed by atoms with Gasteiger partial charge in [0, 0.05) is 5.39 Å². The molecule has 0 saturated carbocycles. The van der Waals surface area contributed by atoms with E-state index in [9.17, 15) is 66.6 Å². The first-order valence-corrected chi connectivity index (χ1v) is 18.8. The number of unbranched alkanes of at least 4 members (excludes halogenated alkanes) is 9. The third-order valence-corrected chi connectivity index (χ3v) is 9.70. The Bertz CT molecular complexity index is 1990. The van der Waals surface area contributed by atoms with Crippen LogP contribution in [-0.2, 0) is 31.5 Å². The van der Waals surface area contributed by atoms with Gasteiger partial charge >= 0.3 is 23.9 Å². The number of nitrogens with zero attached hydrogens (tertiary/aromatic N) is 2. The van der Waals surface area contributed by atoms with Gasteiger partial charge in [0.05, 0.1) is 16.3 Å². The van der Waals surface area contributed by atoms with Crippen molar-refractivity contribution in [2.24, 2.45) is 10.2 Å². The fourth-order valence-corrected chi connectivity index (χ4v) is 6.38. The van der Waals surface area contributed by atoms with Crippen LogP contribution in [0, 0.1) is 0 Å². The first-order chi connectivity index (χ1) is 24.0. The van der Waals surface area contributed by atoms with Gasteiger partial charge in [-0.25, -0.2) is 0 Å². The standard InChI is InChI=1S/C32H36F7N3O8S2/c1-2-3-4-5-6-7-8-9-10-11-12-20-13-15-22(16-14-20)41-42-27-25(52(48,49)50)18-21-17-23(51(45,46)47)19-24(26(21)28(27)43)40-29(44)30(33,34)31(35,36)32(37,38)39/h13-19,43H,2-12H2,1H3,(H,40,44)(H,45,46,47)(H,48,49,50). The summed E-state index contributed by atoms with van der Waals surface area (Å²) < 4.78 is 161. The number of nitrogens with one attached hydrogen (secondary N) is 1. The molecule has 0 aromatic heterocycles. The summed E-state index contributed by atoms with van der Waals surface area (Å²) >= 11 is 0. The first kappa shape index (κ1) is 42.5. The van der Waals surface area contributed by atoms with E-state index in [1.165, 1.54) is 50.7 Å². The van der Waals surface area contributed by atoms with Crippen molar-refractivity contribution < 1.29 is 66.6 Å². The van der Waals surface area contributed by atoms with Gasteiger partial charge in [0.2, 0.25) is 0 Å². The summed E-state index contributed by atoms with van der Waals surface area (Å²) in [6.45, 7) is 2.17. The highest BCUT2D eigenvalue weighted by Gasteiger charge is 2.76. The van der Waals surface area contributed by atoms with Gasteiger partial charge in [0.15, 0.2) is 5.75 Å². The molecule has 0 aliphatic rings. The van der Waals surface area contributed by atoms with Crippen molar-refractivity contribution in [3.05, 3.63) is 48.0 Å². The lowest BCUT2D eigenvalue weighted by molar-refractivity contribution is -0.343. The van der Waals surface area contributed by atoms with Crippen molar-refractivity contribution in [2.75, 3.05) is 5.32 Å². The van der Waals surface area contributed by atoms with Gasteiger partial charge in [-0.15, -0.1) is 5.11 Å². The second-order valence-electron chi connectivity index (χ2n) is 12.0. The Morgan fingerprint density at radius 2 is 1.29 bits per heavy atom. The van der Waals surface area contributed by atoms with Crippen LogP contribution in [0.3, 0.4) is 0 Å². The minimum Gasteiger partial charge on any atom is -0.505 e. The van der Waals surface area contributed by atoms with Crippen LogP contribution in [0.4, 0.5) is 47.8 Å². The summed E-state index contributed by atoms with van der Waals surface area (Å²) in [5.74, 6) is -18.2. The summed E-state index contributed by atoms with van der Waals surface area (Å²) in [7, 11) is -10.8. The maximum Gasteiger partial charge on any atom is 0.460 e. The summed E-state index contributed by atoms with van der Waals surface area (Å²) in [5, 5.41) is 17.5. The van der Waals surface area contributed by atoms with E-state index in [1.807, 2.05) is 0 Å². The van der Waals surface area contributed by atoms with Gasteiger partial charge in [-0.3, -0.25) is 13.9 Å². The highest BCUT2D eigenvalue weighted by molar-refractivity contribution is 7.86.